The molecule has 0 radical (unpaired) electrons. The highest BCUT2D eigenvalue weighted by atomic mass is 16.2. The van der Waals surface area contributed by atoms with Gasteiger partial charge in [0.05, 0.1) is 11.9 Å². The van der Waals surface area contributed by atoms with Gasteiger partial charge >= 0.3 is 0 Å². The van der Waals surface area contributed by atoms with E-state index in [9.17, 15) is 4.79 Å². The fourth-order valence-corrected chi connectivity index (χ4v) is 3.65. The van der Waals surface area contributed by atoms with Crippen LogP contribution in [0.2, 0.25) is 0 Å². The monoisotopic (exact) mass is 428 g/mol. The number of aromatic nitrogens is 4. The number of benzene rings is 1. The van der Waals surface area contributed by atoms with Gasteiger partial charge in [-0.25, -0.2) is 14.6 Å². The number of carbonyl (C=O) groups is 1. The van der Waals surface area contributed by atoms with Crippen LogP contribution in [0.25, 0.3) is 11.0 Å². The summed E-state index contributed by atoms with van der Waals surface area (Å²) in [5.41, 5.74) is 3.32. The number of fused-ring (bicyclic) bond motifs is 1. The second-order valence-electron chi connectivity index (χ2n) is 8.48. The van der Waals surface area contributed by atoms with Crippen molar-refractivity contribution in [3.63, 3.8) is 0 Å². The Balaban J connectivity index is 1.74. The second-order valence-corrected chi connectivity index (χ2v) is 8.48. The number of rotatable bonds is 7. The van der Waals surface area contributed by atoms with Crippen LogP contribution >= 0.6 is 0 Å². The van der Waals surface area contributed by atoms with Crippen molar-refractivity contribution in [2.24, 2.45) is 5.92 Å². The largest absolute Gasteiger partial charge is 0.359 e. The van der Waals surface area contributed by atoms with Gasteiger partial charge in [0.2, 0.25) is 0 Å². The van der Waals surface area contributed by atoms with Crippen molar-refractivity contribution in [1.82, 2.24) is 19.7 Å². The molecule has 1 N–H and O–H groups in total. The molecule has 0 unspecified atom stereocenters. The highest BCUT2D eigenvalue weighted by Crippen LogP contribution is 2.23. The lowest BCUT2D eigenvalue weighted by molar-refractivity contribution is 0.102. The quantitative estimate of drug-likeness (QED) is 0.468. The third-order valence-electron chi connectivity index (χ3n) is 5.19. The predicted octanol–water partition coefficient (Wildman–Crippen LogP) is 4.53. The highest BCUT2D eigenvalue weighted by molar-refractivity contribution is 6.10. The molecule has 32 heavy (non-hydrogen) atoms. The number of hydrogen-bond acceptors (Lipinski definition) is 5. The lowest BCUT2D eigenvalue weighted by atomic mass is 10.1. The Morgan fingerprint density at radius 2 is 1.88 bits per heavy atom. The van der Waals surface area contributed by atoms with Crippen LogP contribution in [0.5, 0.6) is 0 Å². The molecule has 0 spiro atoms. The van der Waals surface area contributed by atoms with Crippen molar-refractivity contribution < 1.29 is 4.79 Å². The van der Waals surface area contributed by atoms with Gasteiger partial charge < -0.3 is 10.2 Å². The Kier molecular flexibility index (Phi) is 6.16. The SMILES string of the molecule is Cc1ccc(Cn2nc(C(=O)Nc3ccccn3)c3ccc(N(C)CC(C)C)nc32)cc1. The first-order valence-corrected chi connectivity index (χ1v) is 10.8. The summed E-state index contributed by atoms with van der Waals surface area (Å²) >= 11 is 0. The van der Waals surface area contributed by atoms with Crippen molar-refractivity contribution in [2.45, 2.75) is 27.3 Å². The zero-order valence-electron chi connectivity index (χ0n) is 18.9. The Labute approximate surface area is 188 Å². The zero-order chi connectivity index (χ0) is 22.7. The summed E-state index contributed by atoms with van der Waals surface area (Å²) in [5.74, 6) is 1.55. The normalized spacial score (nSPS) is 11.2. The van der Waals surface area contributed by atoms with Crippen LogP contribution in [0.15, 0.2) is 60.8 Å². The summed E-state index contributed by atoms with van der Waals surface area (Å²) in [7, 11) is 2.03. The van der Waals surface area contributed by atoms with Gasteiger partial charge in [-0.15, -0.1) is 0 Å². The number of hydrogen-bond donors (Lipinski definition) is 1. The van der Waals surface area contributed by atoms with E-state index < -0.39 is 0 Å². The van der Waals surface area contributed by atoms with Crippen molar-refractivity contribution in [3.8, 4) is 0 Å². The smallest absolute Gasteiger partial charge is 0.278 e. The van der Waals surface area contributed by atoms with Crippen LogP contribution in [0.3, 0.4) is 0 Å². The van der Waals surface area contributed by atoms with Gasteiger partial charge in [0.25, 0.3) is 5.91 Å². The standard InChI is InChI=1S/C25H28N6O/c1-17(2)15-30(4)22-13-12-20-23(25(32)27-21-7-5-6-14-26-21)29-31(24(20)28-22)16-19-10-8-18(3)9-11-19/h5-14,17H,15-16H2,1-4H3,(H,26,27,32). The van der Waals surface area contributed by atoms with E-state index in [1.54, 1.807) is 23.0 Å². The highest BCUT2D eigenvalue weighted by Gasteiger charge is 2.20. The first kappa shape index (κ1) is 21.5. The van der Waals surface area contributed by atoms with E-state index in [2.05, 4.69) is 65.3 Å². The minimum Gasteiger partial charge on any atom is -0.359 e. The van der Waals surface area contributed by atoms with Crippen LogP contribution in [0, 0.1) is 12.8 Å². The molecule has 3 heterocycles. The summed E-state index contributed by atoms with van der Waals surface area (Å²) in [6.07, 6.45) is 1.64. The summed E-state index contributed by atoms with van der Waals surface area (Å²) in [6.45, 7) is 7.83. The molecule has 0 aliphatic rings. The van der Waals surface area contributed by atoms with Crippen LogP contribution in [-0.4, -0.2) is 39.2 Å². The molecule has 3 aromatic heterocycles. The second kappa shape index (κ2) is 9.18. The van der Waals surface area contributed by atoms with Crippen molar-refractivity contribution >= 4 is 28.6 Å². The number of nitrogens with one attached hydrogen (secondary N) is 1. The van der Waals surface area contributed by atoms with E-state index in [1.807, 2.05) is 25.2 Å². The van der Waals surface area contributed by atoms with Gasteiger partial charge in [0.15, 0.2) is 11.3 Å². The summed E-state index contributed by atoms with van der Waals surface area (Å²) in [6, 6.07) is 17.6. The minimum atomic E-state index is -0.304. The molecule has 0 bridgehead atoms. The maximum absolute atomic E-state index is 13.0. The van der Waals surface area contributed by atoms with E-state index in [-0.39, 0.29) is 5.91 Å². The first-order valence-electron chi connectivity index (χ1n) is 10.8. The number of pyridine rings is 2. The Morgan fingerprint density at radius 1 is 1.09 bits per heavy atom. The number of aryl methyl sites for hydroxylation is 1. The molecular weight excluding hydrogens is 400 g/mol. The maximum Gasteiger partial charge on any atom is 0.278 e. The number of anilines is 2. The number of amides is 1. The molecule has 4 aromatic rings. The molecule has 0 aliphatic heterocycles. The average Bonchev–Trinajstić information content (AvgIpc) is 3.13. The molecule has 0 atom stereocenters. The molecule has 1 amide bonds. The molecule has 0 aliphatic carbocycles. The van der Waals surface area contributed by atoms with E-state index in [0.717, 1.165) is 17.9 Å². The first-order chi connectivity index (χ1) is 15.4. The van der Waals surface area contributed by atoms with Gasteiger partial charge in [0, 0.05) is 19.8 Å². The van der Waals surface area contributed by atoms with Crippen molar-refractivity contribution in [2.75, 3.05) is 23.8 Å². The third kappa shape index (κ3) is 4.77. The lowest BCUT2D eigenvalue weighted by Crippen LogP contribution is -2.23. The maximum atomic E-state index is 13.0. The minimum absolute atomic E-state index is 0.304. The van der Waals surface area contributed by atoms with Crippen LogP contribution in [0.4, 0.5) is 11.6 Å². The van der Waals surface area contributed by atoms with E-state index >= 15 is 0 Å². The third-order valence-corrected chi connectivity index (χ3v) is 5.19. The topological polar surface area (TPSA) is 75.9 Å². The molecule has 0 saturated heterocycles. The zero-order valence-corrected chi connectivity index (χ0v) is 18.9. The Bertz CT molecular complexity index is 1210. The van der Waals surface area contributed by atoms with Crippen LogP contribution in [0.1, 0.15) is 35.5 Å². The Morgan fingerprint density at radius 3 is 2.56 bits per heavy atom. The van der Waals surface area contributed by atoms with Gasteiger partial charge in [-0.05, 0) is 42.7 Å². The molecule has 164 valence electrons. The lowest BCUT2D eigenvalue weighted by Gasteiger charge is -2.20. The van der Waals surface area contributed by atoms with Crippen LogP contribution < -0.4 is 10.2 Å². The van der Waals surface area contributed by atoms with E-state index in [4.69, 9.17) is 4.98 Å². The summed E-state index contributed by atoms with van der Waals surface area (Å²) in [5, 5.41) is 8.21. The van der Waals surface area contributed by atoms with Gasteiger partial charge in [-0.2, -0.15) is 5.10 Å². The van der Waals surface area contributed by atoms with Crippen molar-refractivity contribution in [1.29, 1.82) is 0 Å². The average molecular weight is 429 g/mol. The van der Waals surface area contributed by atoms with Crippen molar-refractivity contribution in [3.05, 3.63) is 77.6 Å². The van der Waals surface area contributed by atoms with E-state index in [1.165, 1.54) is 5.56 Å². The predicted molar refractivity (Wildman–Crippen MR) is 128 cm³/mol. The molecule has 7 heteroatoms. The molecule has 0 fully saturated rings. The van der Waals surface area contributed by atoms with E-state index in [0.29, 0.717) is 35.0 Å². The summed E-state index contributed by atoms with van der Waals surface area (Å²) in [4.78, 5) is 24.2. The Hall–Kier alpha value is -3.74. The fraction of sp³-hybridized carbons (Fsp3) is 0.280. The molecular formula is C25H28N6O. The summed E-state index contributed by atoms with van der Waals surface area (Å²) < 4.78 is 1.81. The van der Waals surface area contributed by atoms with Gasteiger partial charge in [0.1, 0.15) is 11.6 Å². The van der Waals surface area contributed by atoms with Crippen LogP contribution in [-0.2, 0) is 6.54 Å². The molecule has 0 saturated carbocycles. The number of nitrogens with zero attached hydrogens (tertiary/aromatic N) is 5. The molecule has 4 rings (SSSR count). The van der Waals surface area contributed by atoms with Gasteiger partial charge in [-0.3, -0.25) is 4.79 Å². The van der Waals surface area contributed by atoms with Gasteiger partial charge in [-0.1, -0.05) is 49.7 Å². The molecule has 7 nitrogen and oxygen atoms in total. The number of carbonyl (C=O) groups excluding carboxylic acids is 1. The molecule has 1 aromatic carbocycles. The fourth-order valence-electron chi connectivity index (χ4n) is 3.65.